The van der Waals surface area contributed by atoms with E-state index in [4.69, 9.17) is 0 Å². The van der Waals surface area contributed by atoms with Crippen LogP contribution in [0.25, 0.3) is 11.0 Å². The van der Waals surface area contributed by atoms with Crippen LogP contribution in [0.4, 0.5) is 17.6 Å². The Morgan fingerprint density at radius 2 is 1.52 bits per heavy atom. The van der Waals surface area contributed by atoms with Gasteiger partial charge in [-0.3, -0.25) is 0 Å². The van der Waals surface area contributed by atoms with E-state index < -0.39 is 33.4 Å². The van der Waals surface area contributed by atoms with Gasteiger partial charge in [-0.15, -0.1) is 0 Å². The predicted molar refractivity (Wildman–Crippen MR) is 97.2 cm³/mol. The molecule has 0 saturated heterocycles. The van der Waals surface area contributed by atoms with Crippen LogP contribution in [0.2, 0.25) is 0 Å². The molecule has 0 aliphatic heterocycles. The number of aromatic nitrogens is 2. The quantitative estimate of drug-likeness (QED) is 0.208. The molecule has 3 aromatic rings. The van der Waals surface area contributed by atoms with Crippen molar-refractivity contribution in [3.63, 3.8) is 0 Å². The molecule has 1 heterocycles. The first kappa shape index (κ1) is 22.8. The Labute approximate surface area is 166 Å². The molecule has 0 N–H and O–H groups in total. The highest BCUT2D eigenvalue weighted by atomic mass is 32.2. The van der Waals surface area contributed by atoms with E-state index in [2.05, 4.69) is 0 Å². The zero-order chi connectivity index (χ0) is 22.1. The average Bonchev–Trinajstić information content (AvgIpc) is 2.96. The lowest BCUT2D eigenvalue weighted by Crippen LogP contribution is -2.36. The Kier molecular flexibility index (Phi) is 6.69. The minimum Gasteiger partial charge on any atom is -0.744 e. The third-order valence-corrected chi connectivity index (χ3v) is 5.53. The minimum absolute atomic E-state index is 0.139. The molecule has 0 unspecified atom stereocenters. The van der Waals surface area contributed by atoms with Gasteiger partial charge in [-0.05, 0) is 32.4 Å². The molecule has 0 aliphatic rings. The summed E-state index contributed by atoms with van der Waals surface area (Å²) < 4.78 is 88.5. The van der Waals surface area contributed by atoms with Gasteiger partial charge in [-0.25, -0.2) is 26.3 Å². The van der Waals surface area contributed by atoms with E-state index in [-0.39, 0.29) is 15.9 Å². The number of aryl methyl sites for hydroxylation is 3. The van der Waals surface area contributed by atoms with Crippen LogP contribution in [0, 0.1) is 37.1 Å². The maximum Gasteiger partial charge on any atom is 0.254 e. The highest BCUT2D eigenvalue weighted by Crippen LogP contribution is 2.26. The second-order valence-electron chi connectivity index (χ2n) is 6.21. The fourth-order valence-electron chi connectivity index (χ4n) is 3.18. The summed E-state index contributed by atoms with van der Waals surface area (Å²) in [5.74, 6) is -5.68. The van der Waals surface area contributed by atoms with Crippen molar-refractivity contribution in [1.82, 2.24) is 4.57 Å². The van der Waals surface area contributed by atoms with E-state index in [9.17, 15) is 30.5 Å². The highest BCUT2D eigenvalue weighted by Gasteiger charge is 2.32. The van der Waals surface area contributed by atoms with Gasteiger partial charge in [-0.1, -0.05) is 18.2 Å². The van der Waals surface area contributed by atoms with Gasteiger partial charge in [0.2, 0.25) is 34.3 Å². The summed E-state index contributed by atoms with van der Waals surface area (Å²) in [4.78, 5) is -0.139. The topological polar surface area (TPSA) is 66.0 Å². The summed E-state index contributed by atoms with van der Waals surface area (Å²) in [6.45, 7) is 7.39. The van der Waals surface area contributed by atoms with Crippen LogP contribution >= 0.6 is 0 Å². The van der Waals surface area contributed by atoms with Gasteiger partial charge < -0.3 is 4.55 Å². The van der Waals surface area contributed by atoms with E-state index >= 15 is 0 Å². The van der Waals surface area contributed by atoms with Gasteiger partial charge in [0, 0.05) is 6.92 Å². The summed E-state index contributed by atoms with van der Waals surface area (Å²) >= 11 is 0. The van der Waals surface area contributed by atoms with E-state index in [1.807, 2.05) is 0 Å². The Bertz CT molecular complexity index is 1120. The van der Waals surface area contributed by atoms with E-state index in [1.54, 1.807) is 39.8 Å². The van der Waals surface area contributed by atoms with Crippen molar-refractivity contribution >= 4 is 21.2 Å². The van der Waals surface area contributed by atoms with Gasteiger partial charge >= 0.3 is 0 Å². The summed E-state index contributed by atoms with van der Waals surface area (Å²) in [6, 6.07) is 6.10. The van der Waals surface area contributed by atoms with Crippen LogP contribution in [0.3, 0.4) is 0 Å². The molecule has 2 aromatic carbocycles. The fraction of sp³-hybridized carbons (Fsp3) is 0.316. The molecule has 0 bridgehead atoms. The molecule has 10 heteroatoms. The largest absolute Gasteiger partial charge is 0.744 e. The van der Waals surface area contributed by atoms with Crippen LogP contribution in [0.15, 0.2) is 29.2 Å². The van der Waals surface area contributed by atoms with Crippen LogP contribution < -0.4 is 4.57 Å². The second-order valence-corrected chi connectivity index (χ2v) is 7.56. The molecule has 1 aromatic heterocycles. The number of hydrogen-bond acceptors (Lipinski definition) is 3. The lowest BCUT2D eigenvalue weighted by atomic mass is 10.2. The van der Waals surface area contributed by atoms with Crippen molar-refractivity contribution in [2.24, 2.45) is 0 Å². The molecule has 0 aliphatic carbocycles. The second kappa shape index (κ2) is 8.50. The zero-order valence-electron chi connectivity index (χ0n) is 16.3. The van der Waals surface area contributed by atoms with Crippen molar-refractivity contribution in [2.75, 3.05) is 0 Å². The SMILES string of the molecule is CCn1c(C)[n+](CC)c2c(F)c(F)c(F)c(F)c21.Cc1ccccc1S(=O)(=O)[O-]. The lowest BCUT2D eigenvalue weighted by molar-refractivity contribution is -0.675. The number of halogens is 4. The predicted octanol–water partition coefficient (Wildman–Crippen LogP) is 3.73. The van der Waals surface area contributed by atoms with Gasteiger partial charge in [0.25, 0.3) is 5.82 Å². The Morgan fingerprint density at radius 1 is 0.966 bits per heavy atom. The maximum atomic E-state index is 13.8. The molecule has 0 atom stereocenters. The van der Waals surface area contributed by atoms with Gasteiger partial charge in [0.15, 0.2) is 0 Å². The van der Waals surface area contributed by atoms with Crippen molar-refractivity contribution in [3.8, 4) is 0 Å². The number of fused-ring (bicyclic) bond motifs is 1. The number of nitrogens with zero attached hydrogens (tertiary/aromatic N) is 2. The number of rotatable bonds is 3. The fourth-order valence-corrected chi connectivity index (χ4v) is 3.89. The van der Waals surface area contributed by atoms with Crippen LogP contribution in [0.5, 0.6) is 0 Å². The van der Waals surface area contributed by atoms with Gasteiger partial charge in [-0.2, -0.15) is 8.78 Å². The van der Waals surface area contributed by atoms with Crippen LogP contribution in [0.1, 0.15) is 25.2 Å². The molecular weight excluding hydrogens is 412 g/mol. The van der Waals surface area contributed by atoms with Crippen molar-refractivity contribution in [1.29, 1.82) is 0 Å². The Hall–Kier alpha value is -2.46. The normalized spacial score (nSPS) is 11.5. The standard InChI is InChI=1S/C12H13F4N2.C7H8O3S/c1-4-17-6(3)18(5-2)12-10(16)8(14)7(13)9(15)11(12)17;1-6-4-2-3-5-7(6)11(8,9)10/h4-5H2,1-3H3;2-5H,1H3,(H,8,9,10)/q+1;/p-1. The summed E-state index contributed by atoms with van der Waals surface area (Å²) in [6.07, 6.45) is 0. The molecule has 3 rings (SSSR count). The molecule has 158 valence electrons. The van der Waals surface area contributed by atoms with Crippen molar-refractivity contribution in [3.05, 3.63) is 58.9 Å². The first-order valence-corrected chi connectivity index (χ1v) is 10.1. The molecule has 0 radical (unpaired) electrons. The molecule has 5 nitrogen and oxygen atoms in total. The third kappa shape index (κ3) is 4.13. The van der Waals surface area contributed by atoms with Crippen LogP contribution in [-0.2, 0) is 23.2 Å². The molecule has 0 spiro atoms. The molecule has 0 amide bonds. The maximum absolute atomic E-state index is 13.8. The van der Waals surface area contributed by atoms with Gasteiger partial charge in [0.1, 0.15) is 10.1 Å². The summed E-state index contributed by atoms with van der Waals surface area (Å²) in [5.41, 5.74) is 0.0315. The van der Waals surface area contributed by atoms with Crippen molar-refractivity contribution < 1.29 is 35.1 Å². The smallest absolute Gasteiger partial charge is 0.254 e. The van der Waals surface area contributed by atoms with E-state index in [0.29, 0.717) is 24.5 Å². The first-order chi connectivity index (χ1) is 13.5. The molecule has 0 saturated carbocycles. The van der Waals surface area contributed by atoms with E-state index in [1.165, 1.54) is 21.3 Å². The number of imidazole rings is 1. The zero-order valence-corrected chi connectivity index (χ0v) is 17.1. The number of benzene rings is 2. The summed E-state index contributed by atoms with van der Waals surface area (Å²) in [7, 11) is -4.28. The van der Waals surface area contributed by atoms with Crippen LogP contribution in [-0.4, -0.2) is 17.5 Å². The van der Waals surface area contributed by atoms with E-state index in [0.717, 1.165) is 0 Å². The lowest BCUT2D eigenvalue weighted by Gasteiger charge is -2.08. The molecule has 0 fully saturated rings. The number of hydrogen-bond donors (Lipinski definition) is 0. The Balaban J connectivity index is 0.000000234. The first-order valence-electron chi connectivity index (χ1n) is 8.73. The minimum atomic E-state index is -4.28. The average molecular weight is 432 g/mol. The molecule has 29 heavy (non-hydrogen) atoms. The third-order valence-electron chi connectivity index (χ3n) is 4.53. The van der Waals surface area contributed by atoms with Crippen molar-refractivity contribution in [2.45, 2.75) is 45.7 Å². The molecular formula is C19H20F4N2O3S. The highest BCUT2D eigenvalue weighted by molar-refractivity contribution is 7.85. The Morgan fingerprint density at radius 3 is 1.97 bits per heavy atom. The van der Waals surface area contributed by atoms with Gasteiger partial charge in [0.05, 0.1) is 18.0 Å². The monoisotopic (exact) mass is 432 g/mol. The summed E-state index contributed by atoms with van der Waals surface area (Å²) in [5, 5.41) is 0.